The minimum absolute atomic E-state index is 0.268. The van der Waals surface area contributed by atoms with E-state index in [4.69, 9.17) is 14.5 Å². The van der Waals surface area contributed by atoms with Crippen molar-refractivity contribution in [2.24, 2.45) is 0 Å². The number of hydrogen-bond donors (Lipinski definition) is 2. The topological polar surface area (TPSA) is 80.3 Å². The van der Waals surface area contributed by atoms with Gasteiger partial charge in [-0.05, 0) is 31.2 Å². The number of rotatable bonds is 7. The van der Waals surface area contributed by atoms with Crippen molar-refractivity contribution in [3.63, 3.8) is 0 Å². The van der Waals surface area contributed by atoms with E-state index in [0.717, 1.165) is 22.0 Å². The fraction of sp³-hybridized carbons (Fsp3) is 0.154. The maximum Gasteiger partial charge on any atom is 0.182 e. The highest BCUT2D eigenvalue weighted by Crippen LogP contribution is 2.42. The summed E-state index contributed by atoms with van der Waals surface area (Å²) in [6.45, 7) is 5.71. The summed E-state index contributed by atoms with van der Waals surface area (Å²) in [7, 11) is 3.11. The molecule has 0 unspecified atom stereocenters. The van der Waals surface area contributed by atoms with E-state index in [9.17, 15) is 9.50 Å². The van der Waals surface area contributed by atoms with Crippen LogP contribution in [0.15, 0.2) is 66.8 Å². The van der Waals surface area contributed by atoms with Crippen LogP contribution in [0.4, 0.5) is 4.39 Å². The summed E-state index contributed by atoms with van der Waals surface area (Å²) in [6.07, 6.45) is 8.13. The molecule has 4 aromatic rings. The number of hydrogen-bond acceptors (Lipinski definition) is 5. The smallest absolute Gasteiger partial charge is 0.182 e. The van der Waals surface area contributed by atoms with Gasteiger partial charge in [0.25, 0.3) is 0 Å². The first-order valence-electron chi connectivity index (χ1n) is 10.3. The molecule has 0 bridgehead atoms. The third kappa shape index (κ3) is 4.05. The minimum atomic E-state index is -0.723. The van der Waals surface area contributed by atoms with Gasteiger partial charge in [0.2, 0.25) is 0 Å². The number of fused-ring (bicyclic) bond motifs is 3. The number of nitrogens with one attached hydrogen (secondary N) is 1. The molecule has 0 spiro atoms. The number of H-pyrrole nitrogens is 1. The van der Waals surface area contributed by atoms with E-state index in [1.165, 1.54) is 12.1 Å². The average molecular weight is 445 g/mol. The monoisotopic (exact) mass is 445 g/mol. The maximum atomic E-state index is 14.2. The van der Waals surface area contributed by atoms with E-state index < -0.39 is 11.6 Å². The minimum Gasteiger partial charge on any atom is -0.504 e. The number of ether oxygens (including phenoxy) is 2. The van der Waals surface area contributed by atoms with E-state index >= 15 is 0 Å². The molecule has 4 rings (SSSR count). The van der Waals surface area contributed by atoms with Gasteiger partial charge in [0.15, 0.2) is 28.7 Å². The molecule has 0 aliphatic heterocycles. The first kappa shape index (κ1) is 22.1. The van der Waals surface area contributed by atoms with Gasteiger partial charge in [0.05, 0.1) is 25.3 Å². The molecular weight excluding hydrogens is 421 g/mol. The first-order chi connectivity index (χ1) is 16.0. The second kappa shape index (κ2) is 9.16. The normalized spacial score (nSPS) is 12.1. The summed E-state index contributed by atoms with van der Waals surface area (Å²) in [6, 6.07) is 7.99. The third-order valence-electron chi connectivity index (χ3n) is 5.41. The van der Waals surface area contributed by atoms with Gasteiger partial charge >= 0.3 is 0 Å². The van der Waals surface area contributed by atoms with Crippen LogP contribution in [-0.4, -0.2) is 34.5 Å². The lowest BCUT2D eigenvalue weighted by Gasteiger charge is -2.14. The van der Waals surface area contributed by atoms with E-state index in [0.29, 0.717) is 34.6 Å². The Morgan fingerprint density at radius 3 is 2.58 bits per heavy atom. The summed E-state index contributed by atoms with van der Waals surface area (Å²) in [4.78, 5) is 4.70. The lowest BCUT2D eigenvalue weighted by Crippen LogP contribution is -1.96. The first-order valence-corrected chi connectivity index (χ1v) is 10.3. The number of nitrogens with zero attached hydrogens (tertiary/aromatic N) is 2. The van der Waals surface area contributed by atoms with Crippen molar-refractivity contribution in [3.8, 4) is 28.5 Å². The van der Waals surface area contributed by atoms with Crippen molar-refractivity contribution in [2.75, 3.05) is 14.2 Å². The predicted octanol–water partition coefficient (Wildman–Crippen LogP) is 5.87. The number of methoxy groups -OCH3 is 2. The Kier molecular flexibility index (Phi) is 6.13. The Morgan fingerprint density at radius 2 is 1.88 bits per heavy atom. The number of allylic oxidation sites excluding steroid dienone is 5. The molecule has 168 valence electrons. The molecular formula is C26H24FN3O3. The van der Waals surface area contributed by atoms with Crippen molar-refractivity contribution in [1.29, 1.82) is 0 Å². The van der Waals surface area contributed by atoms with Crippen LogP contribution in [-0.2, 0) is 6.42 Å². The molecule has 0 aliphatic rings. The third-order valence-corrected chi connectivity index (χ3v) is 5.41. The van der Waals surface area contributed by atoms with E-state index in [1.807, 2.05) is 31.2 Å². The van der Waals surface area contributed by atoms with Gasteiger partial charge in [0, 0.05) is 28.5 Å². The van der Waals surface area contributed by atoms with Gasteiger partial charge in [-0.2, -0.15) is 5.10 Å². The molecule has 0 radical (unpaired) electrons. The standard InChI is InChI=1S/C26H24FN3O3/c1-5-6-7-9-15(2)12-20-23-17-13-21(32-3)22(33-4)14-18(17)24(28-26(23)30-29-20)16-10-8-11-19(27)25(16)31/h5-11,13-14,31H,1,12H2,2-4H3,(H,28,29,30)/b7-6-,15-9+. The molecule has 2 heterocycles. The Balaban J connectivity index is 2.03. The highest BCUT2D eigenvalue weighted by atomic mass is 19.1. The zero-order valence-electron chi connectivity index (χ0n) is 18.6. The van der Waals surface area contributed by atoms with Gasteiger partial charge in [0.1, 0.15) is 0 Å². The molecule has 2 aromatic carbocycles. The number of aromatic hydroxyl groups is 1. The molecule has 0 amide bonds. The molecule has 33 heavy (non-hydrogen) atoms. The summed E-state index contributed by atoms with van der Waals surface area (Å²) >= 11 is 0. The van der Waals surface area contributed by atoms with Crippen LogP contribution in [0.3, 0.4) is 0 Å². The molecule has 2 N–H and O–H groups in total. The zero-order chi connectivity index (χ0) is 23.5. The van der Waals surface area contributed by atoms with Crippen molar-refractivity contribution < 1.29 is 19.0 Å². The van der Waals surface area contributed by atoms with E-state index in [1.54, 1.807) is 32.4 Å². The van der Waals surface area contributed by atoms with Crippen LogP contribution in [0.1, 0.15) is 12.6 Å². The van der Waals surface area contributed by atoms with Crippen molar-refractivity contribution in [3.05, 3.63) is 78.3 Å². The molecule has 0 atom stereocenters. The SMILES string of the molecule is C=C/C=C\C=C(/C)Cc1[nH]nc2nc(-c3cccc(F)c3O)c3cc(OC)c(OC)cc3c12. The van der Waals surface area contributed by atoms with Crippen LogP contribution in [0.5, 0.6) is 17.2 Å². The number of aromatic amines is 1. The van der Waals surface area contributed by atoms with Crippen molar-refractivity contribution >= 4 is 21.8 Å². The second-order valence-electron chi connectivity index (χ2n) is 7.56. The molecule has 6 nitrogen and oxygen atoms in total. The van der Waals surface area contributed by atoms with Crippen LogP contribution in [0.2, 0.25) is 0 Å². The number of phenols is 1. The highest BCUT2D eigenvalue weighted by molar-refractivity contribution is 6.12. The lowest BCUT2D eigenvalue weighted by atomic mass is 9.98. The quantitative estimate of drug-likeness (QED) is 0.348. The Hall–Kier alpha value is -4.13. The van der Waals surface area contributed by atoms with E-state index in [-0.39, 0.29) is 5.56 Å². The number of benzene rings is 2. The number of phenolic OH excluding ortho intramolecular Hbond substituents is 1. The van der Waals surface area contributed by atoms with Gasteiger partial charge < -0.3 is 14.6 Å². The fourth-order valence-corrected chi connectivity index (χ4v) is 3.85. The number of pyridine rings is 1. The van der Waals surface area contributed by atoms with Crippen LogP contribution < -0.4 is 9.47 Å². The molecule has 7 heteroatoms. The van der Waals surface area contributed by atoms with Crippen LogP contribution in [0, 0.1) is 5.82 Å². The van der Waals surface area contributed by atoms with Crippen LogP contribution >= 0.6 is 0 Å². The van der Waals surface area contributed by atoms with Crippen LogP contribution in [0.25, 0.3) is 33.1 Å². The van der Waals surface area contributed by atoms with Gasteiger partial charge in [-0.25, -0.2) is 9.37 Å². The molecule has 2 aromatic heterocycles. The summed E-state index contributed by atoms with van der Waals surface area (Å²) in [5, 5.41) is 20.2. The fourth-order valence-electron chi connectivity index (χ4n) is 3.85. The Labute approximate surface area is 190 Å². The second-order valence-corrected chi connectivity index (χ2v) is 7.56. The lowest BCUT2D eigenvalue weighted by molar-refractivity contribution is 0.356. The molecule has 0 aliphatic carbocycles. The molecule has 0 saturated heterocycles. The maximum absolute atomic E-state index is 14.2. The Morgan fingerprint density at radius 1 is 1.15 bits per heavy atom. The predicted molar refractivity (Wildman–Crippen MR) is 128 cm³/mol. The number of para-hydroxylation sites is 1. The number of aromatic nitrogens is 3. The van der Waals surface area contributed by atoms with Gasteiger partial charge in [-0.1, -0.05) is 42.5 Å². The zero-order valence-corrected chi connectivity index (χ0v) is 18.6. The van der Waals surface area contributed by atoms with Gasteiger partial charge in [-0.15, -0.1) is 0 Å². The van der Waals surface area contributed by atoms with Crippen molar-refractivity contribution in [1.82, 2.24) is 15.2 Å². The summed E-state index contributed by atoms with van der Waals surface area (Å²) < 4.78 is 25.2. The van der Waals surface area contributed by atoms with Gasteiger partial charge in [-0.3, -0.25) is 5.10 Å². The summed E-state index contributed by atoms with van der Waals surface area (Å²) in [5.74, 6) is -0.151. The van der Waals surface area contributed by atoms with Crippen molar-refractivity contribution in [2.45, 2.75) is 13.3 Å². The van der Waals surface area contributed by atoms with E-state index in [2.05, 4.69) is 16.8 Å². The Bertz CT molecular complexity index is 1420. The largest absolute Gasteiger partial charge is 0.504 e. The summed E-state index contributed by atoms with van der Waals surface area (Å²) in [5.41, 5.74) is 3.11. The molecule has 0 fully saturated rings. The number of halogens is 1. The highest BCUT2D eigenvalue weighted by Gasteiger charge is 2.21. The molecule has 0 saturated carbocycles. The average Bonchev–Trinajstić information content (AvgIpc) is 3.22.